The Hall–Kier alpha value is -0.670. The van der Waals surface area contributed by atoms with Crippen molar-refractivity contribution in [3.05, 3.63) is 29.8 Å². The Kier molecular flexibility index (Phi) is 4.00. The molecule has 94 valence electrons. The molecule has 1 fully saturated rings. The molecule has 0 aliphatic carbocycles. The number of benzene rings is 1. The topological polar surface area (TPSA) is 29.3 Å². The number of thioether (sulfide) groups is 1. The Morgan fingerprint density at radius 1 is 1.29 bits per heavy atom. The number of nitrogens with zero attached hydrogens (tertiary/aromatic N) is 1. The van der Waals surface area contributed by atoms with Crippen molar-refractivity contribution in [1.29, 1.82) is 0 Å². The van der Waals surface area contributed by atoms with Gasteiger partial charge in [0.2, 0.25) is 0 Å². The lowest BCUT2D eigenvalue weighted by atomic mass is 10.1. The van der Waals surface area contributed by atoms with Gasteiger partial charge < -0.3 is 5.73 Å². The molecule has 1 aliphatic rings. The fourth-order valence-electron chi connectivity index (χ4n) is 2.56. The van der Waals surface area contributed by atoms with Crippen molar-refractivity contribution in [2.24, 2.45) is 0 Å². The Morgan fingerprint density at radius 3 is 2.53 bits per heavy atom. The molecule has 3 unspecified atom stereocenters. The van der Waals surface area contributed by atoms with Crippen molar-refractivity contribution in [2.75, 3.05) is 18.8 Å². The molecule has 3 atom stereocenters. The SMILES string of the molecule is CC1CN(C(C)c2cccc(N)c2)CC(C)S1. The lowest BCUT2D eigenvalue weighted by Gasteiger charge is -2.38. The maximum atomic E-state index is 5.86. The van der Waals surface area contributed by atoms with Gasteiger partial charge >= 0.3 is 0 Å². The van der Waals surface area contributed by atoms with E-state index < -0.39 is 0 Å². The Balaban J connectivity index is 2.11. The quantitative estimate of drug-likeness (QED) is 0.818. The van der Waals surface area contributed by atoms with Crippen LogP contribution in [0, 0.1) is 0 Å². The number of anilines is 1. The minimum Gasteiger partial charge on any atom is -0.399 e. The van der Waals surface area contributed by atoms with Gasteiger partial charge in [0.1, 0.15) is 0 Å². The molecular formula is C14H22N2S. The van der Waals surface area contributed by atoms with E-state index >= 15 is 0 Å². The van der Waals surface area contributed by atoms with Crippen LogP contribution < -0.4 is 5.73 Å². The lowest BCUT2D eigenvalue weighted by Crippen LogP contribution is -2.41. The molecule has 2 nitrogen and oxygen atoms in total. The molecular weight excluding hydrogens is 228 g/mol. The first-order valence-corrected chi connectivity index (χ1v) is 7.25. The molecule has 1 aromatic rings. The third-order valence-corrected chi connectivity index (χ3v) is 4.62. The fourth-order valence-corrected chi connectivity index (χ4v) is 3.91. The molecule has 0 saturated carbocycles. The van der Waals surface area contributed by atoms with Gasteiger partial charge in [-0.3, -0.25) is 4.90 Å². The highest BCUT2D eigenvalue weighted by molar-refractivity contribution is 8.00. The van der Waals surface area contributed by atoms with Crippen molar-refractivity contribution in [2.45, 2.75) is 37.3 Å². The summed E-state index contributed by atoms with van der Waals surface area (Å²) in [6.45, 7) is 9.26. The van der Waals surface area contributed by atoms with Gasteiger partial charge in [-0.05, 0) is 24.6 Å². The molecule has 1 aliphatic heterocycles. The van der Waals surface area contributed by atoms with Crippen LogP contribution in [0.2, 0.25) is 0 Å². The molecule has 17 heavy (non-hydrogen) atoms. The van der Waals surface area contributed by atoms with Crippen molar-refractivity contribution >= 4 is 17.4 Å². The zero-order chi connectivity index (χ0) is 12.4. The normalized spacial score (nSPS) is 27.9. The molecule has 2 rings (SSSR count). The number of nitrogen functional groups attached to an aromatic ring is 1. The summed E-state index contributed by atoms with van der Waals surface area (Å²) >= 11 is 2.09. The van der Waals surface area contributed by atoms with Crippen LogP contribution >= 0.6 is 11.8 Å². The molecule has 1 aromatic carbocycles. The summed E-state index contributed by atoms with van der Waals surface area (Å²) < 4.78 is 0. The van der Waals surface area contributed by atoms with Crippen LogP contribution in [-0.4, -0.2) is 28.5 Å². The van der Waals surface area contributed by atoms with Gasteiger partial charge in [-0.25, -0.2) is 0 Å². The molecule has 1 heterocycles. The first-order chi connectivity index (χ1) is 8.06. The summed E-state index contributed by atoms with van der Waals surface area (Å²) in [5.41, 5.74) is 8.05. The van der Waals surface area contributed by atoms with E-state index in [4.69, 9.17) is 5.73 Å². The molecule has 1 saturated heterocycles. The Morgan fingerprint density at radius 2 is 1.94 bits per heavy atom. The van der Waals surface area contributed by atoms with Crippen LogP contribution in [0.3, 0.4) is 0 Å². The predicted octanol–water partition coefficient (Wildman–Crippen LogP) is 3.16. The van der Waals surface area contributed by atoms with Crippen LogP contribution in [0.1, 0.15) is 32.4 Å². The van der Waals surface area contributed by atoms with Crippen LogP contribution in [-0.2, 0) is 0 Å². The summed E-state index contributed by atoms with van der Waals surface area (Å²) in [4.78, 5) is 2.57. The van der Waals surface area contributed by atoms with Gasteiger partial charge in [0, 0.05) is 35.3 Å². The second kappa shape index (κ2) is 5.32. The van der Waals surface area contributed by atoms with Gasteiger partial charge in [-0.15, -0.1) is 0 Å². The summed E-state index contributed by atoms with van der Waals surface area (Å²) in [6.07, 6.45) is 0. The summed E-state index contributed by atoms with van der Waals surface area (Å²) in [5, 5.41) is 1.45. The van der Waals surface area contributed by atoms with Crippen LogP contribution in [0.5, 0.6) is 0 Å². The van der Waals surface area contributed by atoms with Crippen molar-refractivity contribution in [3.63, 3.8) is 0 Å². The zero-order valence-electron chi connectivity index (χ0n) is 10.9. The second-order valence-electron chi connectivity index (χ2n) is 5.06. The van der Waals surface area contributed by atoms with Crippen molar-refractivity contribution in [1.82, 2.24) is 4.90 Å². The fraction of sp³-hybridized carbons (Fsp3) is 0.571. The number of hydrogen-bond acceptors (Lipinski definition) is 3. The molecule has 0 amide bonds. The summed E-state index contributed by atoms with van der Waals surface area (Å²) in [7, 11) is 0. The monoisotopic (exact) mass is 250 g/mol. The average Bonchev–Trinajstić information content (AvgIpc) is 2.26. The number of hydrogen-bond donors (Lipinski definition) is 1. The van der Waals surface area contributed by atoms with E-state index in [-0.39, 0.29) is 0 Å². The van der Waals surface area contributed by atoms with Gasteiger partial charge in [-0.2, -0.15) is 11.8 Å². The smallest absolute Gasteiger partial charge is 0.0321 e. The van der Waals surface area contributed by atoms with Gasteiger partial charge in [0.25, 0.3) is 0 Å². The highest BCUT2D eigenvalue weighted by atomic mass is 32.2. The first kappa shape index (κ1) is 12.8. The largest absolute Gasteiger partial charge is 0.399 e. The molecule has 0 aromatic heterocycles. The van der Waals surface area contributed by atoms with Gasteiger partial charge in [0.15, 0.2) is 0 Å². The van der Waals surface area contributed by atoms with E-state index in [2.05, 4.69) is 49.6 Å². The number of rotatable bonds is 2. The van der Waals surface area contributed by atoms with Crippen molar-refractivity contribution in [3.8, 4) is 0 Å². The van der Waals surface area contributed by atoms with Crippen LogP contribution in [0.15, 0.2) is 24.3 Å². The molecule has 0 bridgehead atoms. The minimum atomic E-state index is 0.462. The van der Waals surface area contributed by atoms with E-state index in [1.54, 1.807) is 0 Å². The maximum Gasteiger partial charge on any atom is 0.0321 e. The molecule has 0 radical (unpaired) electrons. The maximum absolute atomic E-state index is 5.86. The van der Waals surface area contributed by atoms with Crippen LogP contribution in [0.4, 0.5) is 5.69 Å². The van der Waals surface area contributed by atoms with E-state index in [9.17, 15) is 0 Å². The highest BCUT2D eigenvalue weighted by Gasteiger charge is 2.26. The summed E-state index contributed by atoms with van der Waals surface area (Å²) in [6, 6.07) is 8.74. The summed E-state index contributed by atoms with van der Waals surface area (Å²) in [5.74, 6) is 0. The average molecular weight is 250 g/mol. The van der Waals surface area contributed by atoms with Gasteiger partial charge in [0.05, 0.1) is 0 Å². The minimum absolute atomic E-state index is 0.462. The Bertz CT molecular complexity index is 370. The number of nitrogens with two attached hydrogens (primary N) is 1. The lowest BCUT2D eigenvalue weighted by molar-refractivity contribution is 0.208. The van der Waals surface area contributed by atoms with Gasteiger partial charge in [-0.1, -0.05) is 26.0 Å². The molecule has 3 heteroatoms. The van der Waals surface area contributed by atoms with E-state index in [1.807, 2.05) is 12.1 Å². The Labute approximate surface area is 109 Å². The van der Waals surface area contributed by atoms with E-state index in [1.165, 1.54) is 18.7 Å². The van der Waals surface area contributed by atoms with E-state index in [0.29, 0.717) is 6.04 Å². The van der Waals surface area contributed by atoms with Crippen molar-refractivity contribution < 1.29 is 0 Å². The zero-order valence-corrected chi connectivity index (χ0v) is 11.7. The standard InChI is InChI=1S/C14H22N2S/c1-10-8-16(9-11(2)17-10)12(3)13-5-4-6-14(15)7-13/h4-7,10-12H,8-9,15H2,1-3H3. The molecule has 2 N–H and O–H groups in total. The van der Waals surface area contributed by atoms with E-state index in [0.717, 1.165) is 16.2 Å². The third kappa shape index (κ3) is 3.17. The van der Waals surface area contributed by atoms with Crippen LogP contribution in [0.25, 0.3) is 0 Å². The second-order valence-corrected chi connectivity index (χ2v) is 6.94. The molecule has 0 spiro atoms. The predicted molar refractivity (Wildman–Crippen MR) is 77.4 cm³/mol. The third-order valence-electron chi connectivity index (χ3n) is 3.39. The highest BCUT2D eigenvalue weighted by Crippen LogP contribution is 2.31. The first-order valence-electron chi connectivity index (χ1n) is 6.31.